The fourth-order valence-electron chi connectivity index (χ4n) is 2.57. The Hall–Kier alpha value is -0.330. The van der Waals surface area contributed by atoms with Gasteiger partial charge in [-0.3, -0.25) is 4.79 Å². The van der Waals surface area contributed by atoms with E-state index in [2.05, 4.69) is 0 Å². The van der Waals surface area contributed by atoms with Gasteiger partial charge in [0.15, 0.2) is 0 Å². The van der Waals surface area contributed by atoms with Crippen molar-refractivity contribution in [3.63, 3.8) is 0 Å². The number of hydrogen-bond donors (Lipinski definition) is 0. The van der Waals surface area contributed by atoms with Gasteiger partial charge in [-0.15, -0.1) is 0 Å². The summed E-state index contributed by atoms with van der Waals surface area (Å²) in [6.07, 6.45) is 8.55. The van der Waals surface area contributed by atoms with E-state index in [9.17, 15) is 4.79 Å². The summed E-state index contributed by atoms with van der Waals surface area (Å²) >= 11 is 0. The Balaban J connectivity index is 2.06. The monoisotopic (exact) mass is 152 g/mol. The van der Waals surface area contributed by atoms with Gasteiger partial charge in [-0.1, -0.05) is 19.3 Å². The summed E-state index contributed by atoms with van der Waals surface area (Å²) in [4.78, 5) is 11.4. The van der Waals surface area contributed by atoms with Crippen LogP contribution in [0.4, 0.5) is 0 Å². The van der Waals surface area contributed by atoms with Gasteiger partial charge in [-0.2, -0.15) is 0 Å². The van der Waals surface area contributed by atoms with E-state index < -0.39 is 0 Å². The van der Waals surface area contributed by atoms with Gasteiger partial charge in [0.2, 0.25) is 0 Å². The van der Waals surface area contributed by atoms with Gasteiger partial charge in [-0.25, -0.2) is 0 Å². The van der Waals surface area contributed by atoms with Crippen LogP contribution in [-0.2, 0) is 4.79 Å². The molecule has 2 aliphatic carbocycles. The molecule has 0 spiro atoms. The van der Waals surface area contributed by atoms with Crippen LogP contribution in [0, 0.1) is 11.8 Å². The molecular formula is C10H16O. The lowest BCUT2D eigenvalue weighted by Gasteiger charge is -2.24. The summed E-state index contributed by atoms with van der Waals surface area (Å²) in [5, 5.41) is 0. The minimum atomic E-state index is 0.469. The topological polar surface area (TPSA) is 17.1 Å². The predicted molar refractivity (Wildman–Crippen MR) is 44.3 cm³/mol. The third-order valence-corrected chi connectivity index (χ3v) is 3.29. The molecule has 1 nitrogen and oxygen atoms in total. The van der Waals surface area contributed by atoms with E-state index in [1.807, 2.05) is 0 Å². The van der Waals surface area contributed by atoms with Crippen LogP contribution >= 0.6 is 0 Å². The second kappa shape index (κ2) is 2.96. The van der Waals surface area contributed by atoms with Crippen LogP contribution in [0.25, 0.3) is 0 Å². The predicted octanol–water partition coefficient (Wildman–Crippen LogP) is 2.55. The lowest BCUT2D eigenvalue weighted by Crippen LogP contribution is -2.22. The van der Waals surface area contributed by atoms with E-state index in [-0.39, 0.29) is 0 Å². The van der Waals surface area contributed by atoms with Crippen LogP contribution in [0.2, 0.25) is 0 Å². The molecule has 0 aromatic carbocycles. The van der Waals surface area contributed by atoms with Crippen molar-refractivity contribution in [1.29, 1.82) is 0 Å². The van der Waals surface area contributed by atoms with Gasteiger partial charge in [0, 0.05) is 12.3 Å². The molecule has 2 fully saturated rings. The second-order valence-electron chi connectivity index (χ2n) is 4.09. The molecule has 0 amide bonds. The van der Waals surface area contributed by atoms with E-state index in [4.69, 9.17) is 0 Å². The van der Waals surface area contributed by atoms with Crippen LogP contribution in [-0.4, -0.2) is 5.78 Å². The van der Waals surface area contributed by atoms with E-state index in [0.29, 0.717) is 11.7 Å². The maximum Gasteiger partial charge on any atom is 0.135 e. The molecule has 1 heteroatoms. The van der Waals surface area contributed by atoms with E-state index >= 15 is 0 Å². The Kier molecular flexibility index (Phi) is 1.97. The quantitative estimate of drug-likeness (QED) is 0.521. The Morgan fingerprint density at radius 3 is 2.82 bits per heavy atom. The summed E-state index contributed by atoms with van der Waals surface area (Å²) in [6.45, 7) is 0. The molecule has 0 aliphatic heterocycles. The largest absolute Gasteiger partial charge is 0.299 e. The van der Waals surface area contributed by atoms with E-state index in [0.717, 1.165) is 12.3 Å². The smallest absolute Gasteiger partial charge is 0.135 e. The van der Waals surface area contributed by atoms with Crippen LogP contribution in [0.3, 0.4) is 0 Å². The van der Waals surface area contributed by atoms with Crippen molar-refractivity contribution < 1.29 is 4.79 Å². The minimum Gasteiger partial charge on any atom is -0.299 e. The zero-order valence-corrected chi connectivity index (χ0v) is 7.01. The molecule has 0 aromatic heterocycles. The fourth-order valence-corrected chi connectivity index (χ4v) is 2.57. The second-order valence-corrected chi connectivity index (χ2v) is 4.09. The SMILES string of the molecule is O=C1CCC2CCCCC1C2. The molecule has 62 valence electrons. The molecule has 2 atom stereocenters. The third-order valence-electron chi connectivity index (χ3n) is 3.29. The first-order valence-corrected chi connectivity index (χ1v) is 4.89. The van der Waals surface area contributed by atoms with Crippen molar-refractivity contribution in [2.24, 2.45) is 11.8 Å². The van der Waals surface area contributed by atoms with E-state index in [1.165, 1.54) is 38.5 Å². The zero-order valence-electron chi connectivity index (χ0n) is 7.01. The Labute approximate surface area is 68.2 Å². The number of hydrogen-bond acceptors (Lipinski definition) is 1. The standard InChI is InChI=1S/C10H16O/c11-10-6-5-8-3-1-2-4-9(10)7-8/h8-9H,1-7H2. The van der Waals surface area contributed by atoms with Crippen LogP contribution in [0.1, 0.15) is 44.9 Å². The maximum atomic E-state index is 11.4. The van der Waals surface area contributed by atoms with Gasteiger partial charge in [0.05, 0.1) is 0 Å². The lowest BCUT2D eigenvalue weighted by molar-refractivity contribution is -0.125. The maximum absolute atomic E-state index is 11.4. The highest BCUT2D eigenvalue weighted by Crippen LogP contribution is 2.36. The number of fused-ring (bicyclic) bond motifs is 2. The van der Waals surface area contributed by atoms with Crippen molar-refractivity contribution >= 4 is 5.78 Å². The first kappa shape index (κ1) is 7.33. The molecule has 0 radical (unpaired) electrons. The summed E-state index contributed by atoms with van der Waals surface area (Å²) in [5.74, 6) is 1.93. The van der Waals surface area contributed by atoms with Gasteiger partial charge in [0.1, 0.15) is 5.78 Å². The minimum absolute atomic E-state index is 0.469. The molecule has 0 aromatic rings. The molecule has 0 saturated heterocycles. The molecular weight excluding hydrogens is 136 g/mol. The van der Waals surface area contributed by atoms with Crippen molar-refractivity contribution in [3.8, 4) is 0 Å². The van der Waals surface area contributed by atoms with Crippen molar-refractivity contribution in [3.05, 3.63) is 0 Å². The summed E-state index contributed by atoms with van der Waals surface area (Å²) in [6, 6.07) is 0. The number of carbonyl (C=O) groups is 1. The highest BCUT2D eigenvalue weighted by molar-refractivity contribution is 5.81. The lowest BCUT2D eigenvalue weighted by atomic mass is 9.80. The highest BCUT2D eigenvalue weighted by atomic mass is 16.1. The molecule has 2 saturated carbocycles. The summed E-state index contributed by atoms with van der Waals surface area (Å²) in [5.41, 5.74) is 0. The molecule has 11 heavy (non-hydrogen) atoms. The molecule has 2 bridgehead atoms. The third kappa shape index (κ3) is 1.47. The van der Waals surface area contributed by atoms with Crippen LogP contribution < -0.4 is 0 Å². The molecule has 0 N–H and O–H groups in total. The Bertz CT molecular complexity index is 162. The molecule has 0 heterocycles. The normalized spacial score (nSPS) is 38.4. The number of Topliss-reactive ketones (excluding diaryl/α,β-unsaturated/α-hetero) is 1. The number of rotatable bonds is 0. The van der Waals surface area contributed by atoms with Gasteiger partial charge < -0.3 is 0 Å². The summed E-state index contributed by atoms with van der Waals surface area (Å²) < 4.78 is 0. The van der Waals surface area contributed by atoms with Gasteiger partial charge >= 0.3 is 0 Å². The van der Waals surface area contributed by atoms with Gasteiger partial charge in [-0.05, 0) is 25.2 Å². The van der Waals surface area contributed by atoms with Crippen molar-refractivity contribution in [1.82, 2.24) is 0 Å². The molecule has 2 unspecified atom stereocenters. The van der Waals surface area contributed by atoms with Crippen LogP contribution in [0.15, 0.2) is 0 Å². The summed E-state index contributed by atoms with van der Waals surface area (Å²) in [7, 11) is 0. The van der Waals surface area contributed by atoms with E-state index in [1.54, 1.807) is 0 Å². The Morgan fingerprint density at radius 1 is 1.09 bits per heavy atom. The number of carbonyl (C=O) groups excluding carboxylic acids is 1. The molecule has 2 rings (SSSR count). The van der Waals surface area contributed by atoms with Gasteiger partial charge in [0.25, 0.3) is 0 Å². The molecule has 2 aliphatic rings. The van der Waals surface area contributed by atoms with Crippen LogP contribution in [0.5, 0.6) is 0 Å². The first-order valence-electron chi connectivity index (χ1n) is 4.89. The highest BCUT2D eigenvalue weighted by Gasteiger charge is 2.29. The van der Waals surface area contributed by atoms with Crippen molar-refractivity contribution in [2.75, 3.05) is 0 Å². The average Bonchev–Trinajstić information content (AvgIpc) is 2.21. The Morgan fingerprint density at radius 2 is 1.91 bits per heavy atom. The first-order chi connectivity index (χ1) is 5.36. The number of ketones is 1. The van der Waals surface area contributed by atoms with Crippen molar-refractivity contribution in [2.45, 2.75) is 44.9 Å². The fraction of sp³-hybridized carbons (Fsp3) is 0.900. The zero-order chi connectivity index (χ0) is 7.68. The average molecular weight is 152 g/mol.